The summed E-state index contributed by atoms with van der Waals surface area (Å²) in [6.07, 6.45) is 8.12. The lowest BCUT2D eigenvalue weighted by molar-refractivity contribution is -0.253. The van der Waals surface area contributed by atoms with E-state index in [0.29, 0.717) is 43.5 Å². The highest BCUT2D eigenvalue weighted by Crippen LogP contribution is 2.75. The zero-order chi connectivity index (χ0) is 34.5. The number of fused-ring (bicyclic) bond motifs is 3. The minimum absolute atomic E-state index is 0.0628. The van der Waals surface area contributed by atoms with Gasteiger partial charge in [-0.3, -0.25) is 4.79 Å². The number of nitrogens with two attached hydrogens (primary N) is 1. The Kier molecular flexibility index (Phi) is 8.45. The molecule has 9 nitrogen and oxygen atoms in total. The molecule has 1 aromatic heterocycles. The van der Waals surface area contributed by atoms with Gasteiger partial charge >= 0.3 is 5.97 Å². The normalized spacial score (nSPS) is 45.0. The van der Waals surface area contributed by atoms with Gasteiger partial charge in [0.1, 0.15) is 5.82 Å². The van der Waals surface area contributed by atoms with Gasteiger partial charge < -0.3 is 20.3 Å². The van der Waals surface area contributed by atoms with Crippen molar-refractivity contribution in [1.29, 1.82) is 0 Å². The lowest BCUT2D eigenvalue weighted by atomic mass is 9.34. The largest absolute Gasteiger partial charge is 0.481 e. The summed E-state index contributed by atoms with van der Waals surface area (Å²) >= 11 is 0. The fourth-order valence-corrected chi connectivity index (χ4v) is 12.1. The Labute approximate surface area is 283 Å². The van der Waals surface area contributed by atoms with E-state index < -0.39 is 17.4 Å². The first-order chi connectivity index (χ1) is 21.8. The van der Waals surface area contributed by atoms with Crippen LogP contribution in [-0.4, -0.2) is 62.7 Å². The quantitative estimate of drug-likeness (QED) is 0.291. The van der Waals surface area contributed by atoms with Crippen LogP contribution in [0, 0.1) is 69.5 Å². The highest BCUT2D eigenvalue weighted by atomic mass is 16.5. The van der Waals surface area contributed by atoms with E-state index in [9.17, 15) is 9.90 Å². The Morgan fingerprint density at radius 1 is 1.13 bits per heavy atom. The smallest absolute Gasteiger partial charge is 0.307 e. The number of hydrogen-bond acceptors (Lipinski definition) is 7. The van der Waals surface area contributed by atoms with Crippen molar-refractivity contribution < 1.29 is 19.4 Å². The molecule has 0 amide bonds. The Balaban J connectivity index is 1.45. The molecule has 0 unspecified atom stereocenters. The van der Waals surface area contributed by atoms with Crippen LogP contribution in [0.3, 0.4) is 0 Å². The van der Waals surface area contributed by atoms with Crippen molar-refractivity contribution in [2.24, 2.45) is 68.3 Å². The number of carboxylic acids is 1. The number of nitrogens with zero attached hydrogens (tertiary/aromatic N) is 4. The third kappa shape index (κ3) is 4.78. The SMILES string of the molecule is Cc1nnnn1[C@@H]1C[C@@]23COC[C@](C)([C@@H]2CC[C@H]2C3=CC[C@@]3(C)[C@H](C(=O)O)[C@@](C)([C@H](C)C(C)C)CC[C@]23C)[C@H]1OC[C@](C)(N)C(C)C. The molecule has 0 aromatic carbocycles. The number of ether oxygens (including phenoxy) is 2. The van der Waals surface area contributed by atoms with Crippen molar-refractivity contribution in [3.8, 4) is 0 Å². The third-order valence-electron chi connectivity index (χ3n) is 16.0. The maximum atomic E-state index is 13.4. The van der Waals surface area contributed by atoms with Gasteiger partial charge in [0, 0.05) is 16.4 Å². The molecule has 1 aliphatic heterocycles. The molecule has 2 bridgehead atoms. The van der Waals surface area contributed by atoms with Crippen LogP contribution in [-0.2, 0) is 14.3 Å². The van der Waals surface area contributed by atoms with Gasteiger partial charge in [-0.2, -0.15) is 0 Å². The lowest BCUT2D eigenvalue weighted by Crippen LogP contribution is -2.69. The molecule has 5 aliphatic rings. The molecule has 264 valence electrons. The first-order valence-corrected chi connectivity index (χ1v) is 18.5. The minimum Gasteiger partial charge on any atom is -0.481 e. The van der Waals surface area contributed by atoms with Gasteiger partial charge in [0.05, 0.1) is 37.9 Å². The molecule has 1 saturated heterocycles. The Morgan fingerprint density at radius 2 is 1.83 bits per heavy atom. The number of carboxylic acid groups (broad SMARTS) is 1. The highest BCUT2D eigenvalue weighted by Gasteiger charge is 2.72. The maximum Gasteiger partial charge on any atom is 0.307 e. The topological polar surface area (TPSA) is 125 Å². The van der Waals surface area contributed by atoms with E-state index in [1.807, 2.05) is 11.6 Å². The van der Waals surface area contributed by atoms with Crippen molar-refractivity contribution in [2.75, 3.05) is 19.8 Å². The predicted octanol–water partition coefficient (Wildman–Crippen LogP) is 6.87. The van der Waals surface area contributed by atoms with Gasteiger partial charge in [-0.1, -0.05) is 74.0 Å². The number of rotatable bonds is 8. The fourth-order valence-electron chi connectivity index (χ4n) is 12.1. The van der Waals surface area contributed by atoms with Crippen LogP contribution >= 0.6 is 0 Å². The summed E-state index contributed by atoms with van der Waals surface area (Å²) < 4.78 is 15.7. The van der Waals surface area contributed by atoms with Crippen molar-refractivity contribution in [1.82, 2.24) is 20.2 Å². The van der Waals surface area contributed by atoms with Crippen LogP contribution in [0.5, 0.6) is 0 Å². The van der Waals surface area contributed by atoms with Gasteiger partial charge in [-0.15, -0.1) is 5.10 Å². The van der Waals surface area contributed by atoms with Crippen LogP contribution in [0.4, 0.5) is 0 Å². The second-order valence-corrected chi connectivity index (χ2v) is 18.7. The summed E-state index contributed by atoms with van der Waals surface area (Å²) in [6, 6.07) is -0.0628. The Hall–Kier alpha value is -1.84. The average Bonchev–Trinajstić information content (AvgIpc) is 3.41. The minimum atomic E-state index is -0.620. The van der Waals surface area contributed by atoms with Crippen LogP contribution < -0.4 is 5.73 Å². The summed E-state index contributed by atoms with van der Waals surface area (Å²) in [5.74, 6) is 1.47. The van der Waals surface area contributed by atoms with E-state index >= 15 is 0 Å². The number of aromatic nitrogens is 4. The molecule has 3 saturated carbocycles. The van der Waals surface area contributed by atoms with Gasteiger partial charge in [0.25, 0.3) is 0 Å². The third-order valence-corrected chi connectivity index (χ3v) is 16.0. The number of hydrogen-bond donors (Lipinski definition) is 2. The molecule has 0 spiro atoms. The summed E-state index contributed by atoms with van der Waals surface area (Å²) in [5.41, 5.74) is 6.66. The van der Waals surface area contributed by atoms with E-state index in [4.69, 9.17) is 15.2 Å². The Bertz CT molecular complexity index is 1410. The van der Waals surface area contributed by atoms with Crippen LogP contribution in [0.15, 0.2) is 11.6 Å². The monoisotopic (exact) mass is 653 g/mol. The van der Waals surface area contributed by atoms with Crippen LogP contribution in [0.1, 0.15) is 120 Å². The fraction of sp³-hybridized carbons (Fsp3) is 0.895. The molecule has 0 radical (unpaired) electrons. The predicted molar refractivity (Wildman–Crippen MR) is 182 cm³/mol. The van der Waals surface area contributed by atoms with E-state index in [1.165, 1.54) is 5.57 Å². The number of aliphatic carboxylic acids is 1. The maximum absolute atomic E-state index is 13.4. The molecule has 4 fully saturated rings. The summed E-state index contributed by atoms with van der Waals surface area (Å²) in [5, 5.41) is 24.0. The summed E-state index contributed by atoms with van der Waals surface area (Å²) in [4.78, 5) is 13.4. The van der Waals surface area contributed by atoms with Crippen LogP contribution in [0.2, 0.25) is 0 Å². The molecule has 4 aliphatic carbocycles. The molecule has 2 heterocycles. The molecule has 12 atom stereocenters. The molecular formula is C38H63N5O4. The molecular weight excluding hydrogens is 590 g/mol. The van der Waals surface area contributed by atoms with Crippen molar-refractivity contribution in [2.45, 2.75) is 132 Å². The van der Waals surface area contributed by atoms with E-state index in [-0.39, 0.29) is 45.1 Å². The Morgan fingerprint density at radius 3 is 2.43 bits per heavy atom. The molecule has 47 heavy (non-hydrogen) atoms. The second-order valence-electron chi connectivity index (χ2n) is 18.7. The van der Waals surface area contributed by atoms with Crippen molar-refractivity contribution in [3.05, 3.63) is 17.5 Å². The molecule has 1 aromatic rings. The van der Waals surface area contributed by atoms with E-state index in [0.717, 1.165) is 44.3 Å². The number of aryl methyl sites for hydroxylation is 1. The van der Waals surface area contributed by atoms with Crippen molar-refractivity contribution >= 4 is 5.97 Å². The molecule has 9 heteroatoms. The summed E-state index contributed by atoms with van der Waals surface area (Å²) in [6.45, 7) is 26.4. The zero-order valence-electron chi connectivity index (χ0n) is 31.1. The first kappa shape index (κ1) is 35.0. The second kappa shape index (κ2) is 11.3. The van der Waals surface area contributed by atoms with E-state index in [2.05, 4.69) is 90.8 Å². The lowest BCUT2D eigenvalue weighted by Gasteiger charge is -2.71. The number of tetrazole rings is 1. The average molecular weight is 654 g/mol. The summed E-state index contributed by atoms with van der Waals surface area (Å²) in [7, 11) is 0. The van der Waals surface area contributed by atoms with Crippen LogP contribution in [0.25, 0.3) is 0 Å². The van der Waals surface area contributed by atoms with E-state index in [1.54, 1.807) is 0 Å². The number of allylic oxidation sites excluding steroid dienone is 1. The van der Waals surface area contributed by atoms with Gasteiger partial charge in [-0.25, -0.2) is 4.68 Å². The zero-order valence-corrected chi connectivity index (χ0v) is 31.1. The van der Waals surface area contributed by atoms with Crippen molar-refractivity contribution in [3.63, 3.8) is 0 Å². The molecule has 6 rings (SSSR count). The van der Waals surface area contributed by atoms with Gasteiger partial charge in [0.2, 0.25) is 0 Å². The first-order valence-electron chi connectivity index (χ1n) is 18.5. The highest BCUT2D eigenvalue weighted by molar-refractivity contribution is 5.73. The van der Waals surface area contributed by atoms with Gasteiger partial charge in [-0.05, 0) is 109 Å². The van der Waals surface area contributed by atoms with Gasteiger partial charge in [0.15, 0.2) is 0 Å². The molecule has 3 N–H and O–H groups in total. The standard InChI is InChI=1S/C38H63N5O4/c1-22(2)24(5)33(7)16-17-35(9)26-12-13-29-34(8)19-46-21-38(29,27(26)14-15-36(35,10)30(33)32(44)45)18-28(43-25(6)40-41-42-43)31(34)47-20-37(11,39)23(3)4/h14,22-24,26,28-31H,12-13,15-21,39H2,1-11H3,(H,44,45)/t24-,26+,28-,29+,30-,31+,33-,34-,35-,36+,37+,38+/m1/s1. The number of carbonyl (C=O) groups is 1.